The Kier molecular flexibility index (Phi) is 13.5. The number of rotatable bonds is 14. The van der Waals surface area contributed by atoms with Crippen LogP contribution in [0.5, 0.6) is 0 Å². The van der Waals surface area contributed by atoms with Crippen molar-refractivity contribution < 1.29 is 68.6 Å². The Morgan fingerprint density at radius 2 is 1.02 bits per heavy atom. The zero-order valence-corrected chi connectivity index (χ0v) is 23.7. The van der Waals surface area contributed by atoms with Crippen molar-refractivity contribution in [3.8, 4) is 0 Å². The van der Waals surface area contributed by atoms with Crippen LogP contribution >= 0.6 is 0 Å². The molecular formula is C28H42O14. The maximum absolute atomic E-state index is 12.9. The van der Waals surface area contributed by atoms with Crippen LogP contribution in [0.15, 0.2) is 24.3 Å². The third kappa shape index (κ3) is 8.44. The molecule has 0 spiro atoms. The van der Waals surface area contributed by atoms with Crippen molar-refractivity contribution in [3.05, 3.63) is 35.4 Å². The lowest BCUT2D eigenvalue weighted by molar-refractivity contribution is -0.300. The predicted molar refractivity (Wildman–Crippen MR) is 142 cm³/mol. The predicted octanol–water partition coefficient (Wildman–Crippen LogP) is -0.751. The Balaban J connectivity index is 1.68. The molecule has 0 saturated carbocycles. The van der Waals surface area contributed by atoms with E-state index in [1.165, 1.54) is 24.3 Å². The summed E-state index contributed by atoms with van der Waals surface area (Å²) in [6, 6.07) is 5.09. The van der Waals surface area contributed by atoms with E-state index in [2.05, 4.69) is 0 Å². The second-order valence-corrected chi connectivity index (χ2v) is 10.2. The Labute approximate surface area is 243 Å². The molecule has 0 aliphatic carbocycles. The minimum atomic E-state index is -1.60. The summed E-state index contributed by atoms with van der Waals surface area (Å²) in [6.07, 6.45) is -10.8. The van der Waals surface area contributed by atoms with Gasteiger partial charge in [0.1, 0.15) is 36.6 Å². The second kappa shape index (κ2) is 16.6. The summed E-state index contributed by atoms with van der Waals surface area (Å²) in [5.41, 5.74) is -0.0132. The largest absolute Gasteiger partial charge is 0.450 e. The number of hydrogen-bond donors (Lipinski definition) is 6. The average molecular weight is 603 g/mol. The number of carbonyl (C=O) groups is 2. The summed E-state index contributed by atoms with van der Waals surface area (Å²) in [4.78, 5) is 25.8. The van der Waals surface area contributed by atoms with Gasteiger partial charge in [-0.2, -0.15) is 0 Å². The van der Waals surface area contributed by atoms with Crippen LogP contribution in [0.1, 0.15) is 60.2 Å². The van der Waals surface area contributed by atoms with Crippen molar-refractivity contribution in [1.29, 1.82) is 0 Å². The number of aliphatic hydroxyl groups is 6. The number of benzene rings is 1. The van der Waals surface area contributed by atoms with Gasteiger partial charge in [0.15, 0.2) is 24.8 Å². The summed E-state index contributed by atoms with van der Waals surface area (Å²) in [5, 5.41) is 60.6. The molecule has 2 aliphatic rings. The smallest absolute Gasteiger partial charge is 0.338 e. The van der Waals surface area contributed by atoms with Gasteiger partial charge in [-0.05, 0) is 37.1 Å². The van der Waals surface area contributed by atoms with Gasteiger partial charge in [0.25, 0.3) is 0 Å². The highest BCUT2D eigenvalue weighted by molar-refractivity contribution is 5.93. The van der Waals surface area contributed by atoms with Crippen LogP contribution in [0.4, 0.5) is 0 Å². The molecule has 10 atom stereocenters. The molecule has 6 N–H and O–H groups in total. The van der Waals surface area contributed by atoms with E-state index in [1.54, 1.807) is 0 Å². The van der Waals surface area contributed by atoms with E-state index in [-0.39, 0.29) is 24.3 Å². The van der Waals surface area contributed by atoms with E-state index in [0.717, 1.165) is 12.8 Å². The van der Waals surface area contributed by atoms with Gasteiger partial charge in [0, 0.05) is 13.2 Å². The molecule has 2 aliphatic heterocycles. The molecule has 14 heteroatoms. The van der Waals surface area contributed by atoms with Gasteiger partial charge < -0.3 is 59.1 Å². The van der Waals surface area contributed by atoms with Crippen molar-refractivity contribution in [2.75, 3.05) is 26.4 Å². The van der Waals surface area contributed by atoms with Crippen molar-refractivity contribution in [1.82, 2.24) is 0 Å². The molecule has 1 aromatic carbocycles. The van der Waals surface area contributed by atoms with E-state index < -0.39 is 86.6 Å². The Bertz CT molecular complexity index is 897. The summed E-state index contributed by atoms with van der Waals surface area (Å²) in [7, 11) is 0. The zero-order chi connectivity index (χ0) is 30.8. The molecule has 3 rings (SSSR count). The van der Waals surface area contributed by atoms with Crippen LogP contribution in [0.2, 0.25) is 0 Å². The number of carbonyl (C=O) groups excluding carboxylic acids is 2. The summed E-state index contributed by atoms with van der Waals surface area (Å²) in [5.74, 6) is -1.81. The molecule has 1 aromatic rings. The molecule has 2 fully saturated rings. The number of hydrogen-bond acceptors (Lipinski definition) is 14. The van der Waals surface area contributed by atoms with Crippen molar-refractivity contribution >= 4 is 11.9 Å². The van der Waals surface area contributed by atoms with Crippen molar-refractivity contribution in [2.24, 2.45) is 0 Å². The zero-order valence-electron chi connectivity index (χ0n) is 23.7. The minimum Gasteiger partial charge on any atom is -0.450 e. The molecule has 0 aromatic heterocycles. The number of esters is 2. The molecule has 0 unspecified atom stereocenters. The fourth-order valence-corrected chi connectivity index (χ4v) is 4.45. The molecular weight excluding hydrogens is 560 g/mol. The molecule has 42 heavy (non-hydrogen) atoms. The van der Waals surface area contributed by atoms with Gasteiger partial charge in [-0.3, -0.25) is 0 Å². The fourth-order valence-electron chi connectivity index (χ4n) is 4.45. The first kappa shape index (κ1) is 34.3. The third-order valence-corrected chi connectivity index (χ3v) is 7.05. The summed E-state index contributed by atoms with van der Waals surface area (Å²) in [6.45, 7) is 3.18. The number of aliphatic hydroxyl groups excluding tert-OH is 6. The van der Waals surface area contributed by atoms with Crippen LogP contribution < -0.4 is 0 Å². The molecule has 2 saturated heterocycles. The topological polar surface area (TPSA) is 211 Å². The van der Waals surface area contributed by atoms with E-state index in [1.807, 2.05) is 13.8 Å². The number of unbranched alkanes of at least 4 members (excludes halogenated alkanes) is 2. The van der Waals surface area contributed by atoms with E-state index in [4.69, 9.17) is 28.4 Å². The maximum atomic E-state index is 12.9. The second-order valence-electron chi connectivity index (χ2n) is 10.2. The maximum Gasteiger partial charge on any atom is 0.338 e. The first-order valence-electron chi connectivity index (χ1n) is 14.2. The lowest BCUT2D eigenvalue weighted by Crippen LogP contribution is -2.60. The van der Waals surface area contributed by atoms with Gasteiger partial charge in [0.2, 0.25) is 0 Å². The van der Waals surface area contributed by atoms with Crippen LogP contribution in [0.25, 0.3) is 0 Å². The molecule has 14 nitrogen and oxygen atoms in total. The van der Waals surface area contributed by atoms with Gasteiger partial charge >= 0.3 is 11.9 Å². The highest BCUT2D eigenvalue weighted by Crippen LogP contribution is 2.27. The Morgan fingerprint density at radius 3 is 1.33 bits per heavy atom. The normalized spacial score (nSPS) is 33.2. The van der Waals surface area contributed by atoms with Crippen LogP contribution in [0, 0.1) is 0 Å². The molecule has 0 amide bonds. The third-order valence-electron chi connectivity index (χ3n) is 7.05. The van der Waals surface area contributed by atoms with Crippen molar-refractivity contribution in [3.63, 3.8) is 0 Å². The van der Waals surface area contributed by atoms with Gasteiger partial charge in [0.05, 0.1) is 24.3 Å². The SMILES string of the molecule is CCCCO[C@H]1O[C@H](CO)[C@@H](O)[C@H](O)[C@H]1OC(=O)c1ccc(C(=O)O[C@H]2[C@@H](OCCCC)O[C@H](CO)[C@@H](O)[C@@H]2O)cc1. The molecule has 2 heterocycles. The highest BCUT2D eigenvalue weighted by Gasteiger charge is 2.48. The van der Waals surface area contributed by atoms with E-state index in [0.29, 0.717) is 12.8 Å². The average Bonchev–Trinajstić information content (AvgIpc) is 3.00. The fraction of sp³-hybridized carbons (Fsp3) is 0.714. The van der Waals surface area contributed by atoms with Crippen LogP contribution in [-0.4, -0.2) is 130 Å². The first-order valence-corrected chi connectivity index (χ1v) is 14.2. The van der Waals surface area contributed by atoms with Crippen LogP contribution in [-0.2, 0) is 28.4 Å². The van der Waals surface area contributed by atoms with E-state index >= 15 is 0 Å². The lowest BCUT2D eigenvalue weighted by atomic mass is 9.99. The van der Waals surface area contributed by atoms with Gasteiger partial charge in [-0.25, -0.2) is 9.59 Å². The summed E-state index contributed by atoms with van der Waals surface area (Å²) >= 11 is 0. The Morgan fingerprint density at radius 1 is 0.667 bits per heavy atom. The first-order chi connectivity index (χ1) is 20.2. The quantitative estimate of drug-likeness (QED) is 0.114. The van der Waals surface area contributed by atoms with Crippen molar-refractivity contribution in [2.45, 2.75) is 101 Å². The monoisotopic (exact) mass is 602 g/mol. The van der Waals surface area contributed by atoms with Gasteiger partial charge in [-0.15, -0.1) is 0 Å². The van der Waals surface area contributed by atoms with Crippen LogP contribution in [0.3, 0.4) is 0 Å². The molecule has 0 radical (unpaired) electrons. The highest BCUT2D eigenvalue weighted by atomic mass is 16.7. The lowest BCUT2D eigenvalue weighted by Gasteiger charge is -2.41. The Hall–Kier alpha value is -2.24. The number of ether oxygens (including phenoxy) is 6. The van der Waals surface area contributed by atoms with Gasteiger partial charge in [-0.1, -0.05) is 26.7 Å². The van der Waals surface area contributed by atoms with E-state index in [9.17, 15) is 40.2 Å². The standard InChI is InChI=1S/C28H42O14/c1-3-5-11-37-27-23(21(33)19(31)17(13-29)39-27)41-25(35)15-7-9-16(10-8-15)26(36)42-24-22(34)20(32)18(14-30)40-28(24)38-12-6-4-2/h7-10,17-24,27-34H,3-6,11-14H2,1-2H3/t17-,18-,19-,20-,21+,22+,23-,24-,27+,28+/m1/s1. The molecule has 238 valence electrons. The minimum absolute atomic E-state index is 0.00662. The summed E-state index contributed by atoms with van der Waals surface area (Å²) < 4.78 is 33.1. The molecule has 0 bridgehead atoms.